The van der Waals surface area contributed by atoms with Gasteiger partial charge in [0.25, 0.3) is 5.56 Å². The Kier molecular flexibility index (Phi) is 3.73. The van der Waals surface area contributed by atoms with E-state index < -0.39 is 5.82 Å². The first-order valence-corrected chi connectivity index (χ1v) is 7.29. The lowest BCUT2D eigenvalue weighted by Crippen LogP contribution is -2.37. The average molecular weight is 290 g/mol. The number of rotatable bonds is 5. The lowest BCUT2D eigenvalue weighted by atomic mass is 10.1. The van der Waals surface area contributed by atoms with Crippen LogP contribution in [0.25, 0.3) is 10.9 Å². The van der Waals surface area contributed by atoms with E-state index in [0.29, 0.717) is 10.9 Å². The summed E-state index contributed by atoms with van der Waals surface area (Å²) in [7, 11) is 1.79. The number of hydrazine groups is 1. The number of nitrogens with one attached hydrogen (secondary N) is 2. The van der Waals surface area contributed by atoms with Gasteiger partial charge in [0.05, 0.1) is 16.9 Å². The molecule has 3 rings (SSSR count). The van der Waals surface area contributed by atoms with Crippen LogP contribution in [0.4, 0.5) is 4.39 Å². The normalized spacial score (nSPS) is 16.3. The van der Waals surface area contributed by atoms with Crippen molar-refractivity contribution in [1.29, 1.82) is 0 Å². The van der Waals surface area contributed by atoms with E-state index in [4.69, 9.17) is 0 Å². The van der Waals surface area contributed by atoms with Gasteiger partial charge in [-0.25, -0.2) is 14.8 Å². The molecule has 1 aromatic heterocycles. The summed E-state index contributed by atoms with van der Waals surface area (Å²) in [5.41, 5.74) is 6.44. The molecule has 0 amide bonds. The van der Waals surface area contributed by atoms with Gasteiger partial charge in [0, 0.05) is 6.04 Å². The molecule has 5 nitrogen and oxygen atoms in total. The molecule has 2 N–H and O–H groups in total. The van der Waals surface area contributed by atoms with Crippen molar-refractivity contribution in [3.63, 3.8) is 0 Å². The van der Waals surface area contributed by atoms with Gasteiger partial charge in [-0.05, 0) is 44.5 Å². The smallest absolute Gasteiger partial charge is 0.261 e. The highest BCUT2D eigenvalue weighted by atomic mass is 19.1. The summed E-state index contributed by atoms with van der Waals surface area (Å²) >= 11 is 0. The number of nitrogens with zero attached hydrogens (tertiary/aromatic N) is 2. The summed E-state index contributed by atoms with van der Waals surface area (Å²) in [6.45, 7) is 2.03. The highest BCUT2D eigenvalue weighted by Crippen LogP contribution is 2.36. The first-order chi connectivity index (χ1) is 10.2. The number of benzene rings is 1. The van der Waals surface area contributed by atoms with Crippen LogP contribution in [0.5, 0.6) is 0 Å². The van der Waals surface area contributed by atoms with Crippen molar-refractivity contribution in [2.75, 3.05) is 7.05 Å². The fraction of sp³-hybridized carbons (Fsp3) is 0.467. The van der Waals surface area contributed by atoms with Gasteiger partial charge < -0.3 is 0 Å². The van der Waals surface area contributed by atoms with E-state index in [1.807, 2.05) is 6.92 Å². The third-order valence-corrected chi connectivity index (χ3v) is 3.84. The largest absolute Gasteiger partial charge is 0.292 e. The van der Waals surface area contributed by atoms with Gasteiger partial charge in [-0.1, -0.05) is 6.92 Å². The summed E-state index contributed by atoms with van der Waals surface area (Å²) in [5, 5.41) is 0.352. The molecule has 0 unspecified atom stereocenters. The standard InChI is InChI=1S/C15H19FN4O/c1-3-12(19-17-2)14-18-13-7-4-9(16)8-11(13)15(21)20(14)10-5-6-10/h4,7-8,10,12,17,19H,3,5-6H2,1-2H3/t12-/m0/s1. The third kappa shape index (κ3) is 2.56. The minimum Gasteiger partial charge on any atom is -0.292 e. The van der Waals surface area contributed by atoms with E-state index in [0.717, 1.165) is 25.1 Å². The molecule has 1 fully saturated rings. The van der Waals surface area contributed by atoms with Crippen LogP contribution in [0, 0.1) is 5.82 Å². The minimum absolute atomic E-state index is 0.0576. The van der Waals surface area contributed by atoms with Crippen molar-refractivity contribution in [3.05, 3.63) is 40.2 Å². The number of hydrogen-bond acceptors (Lipinski definition) is 4. The second-order valence-corrected chi connectivity index (χ2v) is 5.39. The maximum Gasteiger partial charge on any atom is 0.261 e. The van der Waals surface area contributed by atoms with Crippen molar-refractivity contribution in [3.8, 4) is 0 Å². The number of halogens is 1. The molecule has 1 heterocycles. The zero-order valence-electron chi connectivity index (χ0n) is 12.2. The Morgan fingerprint density at radius 1 is 1.48 bits per heavy atom. The van der Waals surface area contributed by atoms with Gasteiger partial charge >= 0.3 is 0 Å². The summed E-state index contributed by atoms with van der Waals surface area (Å²) in [4.78, 5) is 17.3. The van der Waals surface area contributed by atoms with Crippen molar-refractivity contribution < 1.29 is 4.39 Å². The van der Waals surface area contributed by atoms with Crippen LogP contribution in [-0.4, -0.2) is 16.6 Å². The van der Waals surface area contributed by atoms with E-state index in [2.05, 4.69) is 15.8 Å². The Morgan fingerprint density at radius 3 is 2.86 bits per heavy atom. The summed E-state index contributed by atoms with van der Waals surface area (Å²) in [6.07, 6.45) is 2.75. The topological polar surface area (TPSA) is 59.0 Å². The summed E-state index contributed by atoms with van der Waals surface area (Å²) in [5.74, 6) is 0.315. The monoisotopic (exact) mass is 290 g/mol. The third-order valence-electron chi connectivity index (χ3n) is 3.84. The Morgan fingerprint density at radius 2 is 2.24 bits per heavy atom. The lowest BCUT2D eigenvalue weighted by molar-refractivity contribution is 0.420. The average Bonchev–Trinajstić information content (AvgIpc) is 3.30. The summed E-state index contributed by atoms with van der Waals surface area (Å²) in [6, 6.07) is 4.32. The van der Waals surface area contributed by atoms with E-state index in [1.54, 1.807) is 17.7 Å². The van der Waals surface area contributed by atoms with E-state index in [9.17, 15) is 9.18 Å². The molecule has 112 valence electrons. The number of aromatic nitrogens is 2. The molecule has 6 heteroatoms. The van der Waals surface area contributed by atoms with Crippen LogP contribution in [0.15, 0.2) is 23.0 Å². The molecule has 0 bridgehead atoms. The van der Waals surface area contributed by atoms with Gasteiger partial charge in [0.1, 0.15) is 11.6 Å². The second kappa shape index (κ2) is 5.54. The van der Waals surface area contributed by atoms with Gasteiger partial charge in [0.2, 0.25) is 0 Å². The zero-order valence-corrected chi connectivity index (χ0v) is 12.2. The first-order valence-electron chi connectivity index (χ1n) is 7.29. The SMILES string of the molecule is CC[C@H](NNC)c1nc2ccc(F)cc2c(=O)n1C1CC1. The molecule has 0 spiro atoms. The fourth-order valence-electron chi connectivity index (χ4n) is 2.64. The molecular weight excluding hydrogens is 271 g/mol. The van der Waals surface area contributed by atoms with Gasteiger partial charge in [-0.3, -0.25) is 14.8 Å². The molecule has 21 heavy (non-hydrogen) atoms. The highest BCUT2D eigenvalue weighted by Gasteiger charge is 2.30. The first kappa shape index (κ1) is 14.2. The zero-order chi connectivity index (χ0) is 15.0. The predicted octanol–water partition coefficient (Wildman–Crippen LogP) is 2.05. The minimum atomic E-state index is -0.406. The molecule has 1 saturated carbocycles. The fourth-order valence-corrected chi connectivity index (χ4v) is 2.64. The van der Waals surface area contributed by atoms with Crippen molar-refractivity contribution in [2.24, 2.45) is 0 Å². The molecule has 1 aromatic carbocycles. The Balaban J connectivity index is 2.25. The number of fused-ring (bicyclic) bond motifs is 1. The molecular formula is C15H19FN4O. The van der Waals surface area contributed by atoms with E-state index in [1.165, 1.54) is 12.1 Å². The van der Waals surface area contributed by atoms with Gasteiger partial charge in [-0.2, -0.15) is 0 Å². The molecule has 2 aromatic rings. The second-order valence-electron chi connectivity index (χ2n) is 5.39. The molecule has 0 radical (unpaired) electrons. The Hall–Kier alpha value is -1.79. The van der Waals surface area contributed by atoms with Crippen LogP contribution < -0.4 is 16.4 Å². The van der Waals surface area contributed by atoms with Crippen molar-refractivity contribution >= 4 is 10.9 Å². The molecule has 1 atom stereocenters. The lowest BCUT2D eigenvalue weighted by Gasteiger charge is -2.21. The van der Waals surface area contributed by atoms with Crippen LogP contribution in [0.1, 0.15) is 44.1 Å². The van der Waals surface area contributed by atoms with Crippen LogP contribution in [0.2, 0.25) is 0 Å². The van der Waals surface area contributed by atoms with Crippen LogP contribution in [-0.2, 0) is 0 Å². The quantitative estimate of drug-likeness (QED) is 0.827. The molecule has 1 aliphatic rings. The Bertz CT molecular complexity index is 723. The van der Waals surface area contributed by atoms with Crippen LogP contribution >= 0.6 is 0 Å². The summed E-state index contributed by atoms with van der Waals surface area (Å²) < 4.78 is 15.1. The Labute approximate surface area is 122 Å². The van der Waals surface area contributed by atoms with E-state index >= 15 is 0 Å². The van der Waals surface area contributed by atoms with Gasteiger partial charge in [0.15, 0.2) is 0 Å². The maximum atomic E-state index is 13.4. The van der Waals surface area contributed by atoms with Crippen LogP contribution in [0.3, 0.4) is 0 Å². The van der Waals surface area contributed by atoms with Crippen molar-refractivity contribution in [1.82, 2.24) is 20.4 Å². The van der Waals surface area contributed by atoms with Gasteiger partial charge in [-0.15, -0.1) is 0 Å². The molecule has 0 aliphatic heterocycles. The molecule has 0 saturated heterocycles. The van der Waals surface area contributed by atoms with E-state index in [-0.39, 0.29) is 17.6 Å². The maximum absolute atomic E-state index is 13.4. The molecule has 1 aliphatic carbocycles. The highest BCUT2D eigenvalue weighted by molar-refractivity contribution is 5.77. The number of hydrogen-bond donors (Lipinski definition) is 2. The predicted molar refractivity (Wildman–Crippen MR) is 79.5 cm³/mol. The van der Waals surface area contributed by atoms with Crippen molar-refractivity contribution in [2.45, 2.75) is 38.3 Å².